The normalized spacial score (nSPS) is 23.8. The molecule has 1 atom stereocenters. The van der Waals surface area contributed by atoms with Gasteiger partial charge in [0.15, 0.2) is 0 Å². The van der Waals surface area contributed by atoms with Crippen molar-refractivity contribution >= 4 is 5.91 Å². The molecule has 3 N–H and O–H groups in total. The van der Waals surface area contributed by atoms with Gasteiger partial charge in [-0.3, -0.25) is 9.69 Å². The van der Waals surface area contributed by atoms with Crippen molar-refractivity contribution < 1.29 is 4.79 Å². The number of piperidine rings is 1. The molecule has 2 aromatic rings. The fourth-order valence-electron chi connectivity index (χ4n) is 5.29. The summed E-state index contributed by atoms with van der Waals surface area (Å²) in [6, 6.07) is 15.1. The molecule has 2 aliphatic heterocycles. The van der Waals surface area contributed by atoms with Crippen LogP contribution in [0.15, 0.2) is 42.5 Å². The molecule has 5 rings (SSSR count). The van der Waals surface area contributed by atoms with Crippen molar-refractivity contribution in [3.63, 3.8) is 0 Å². The molecule has 4 nitrogen and oxygen atoms in total. The number of likely N-dealkylation sites (tertiary alicyclic amines) is 1. The predicted octanol–water partition coefficient (Wildman–Crippen LogP) is 3.13. The lowest BCUT2D eigenvalue weighted by molar-refractivity contribution is -0.0512. The van der Waals surface area contributed by atoms with Crippen molar-refractivity contribution in [3.05, 3.63) is 59.2 Å². The number of aryl methyl sites for hydroxylation is 1. The summed E-state index contributed by atoms with van der Waals surface area (Å²) in [5.41, 5.74) is 11.9. The number of benzene rings is 2. The van der Waals surface area contributed by atoms with E-state index in [1.165, 1.54) is 62.1 Å². The number of carbonyl (C=O) groups is 1. The second-order valence-electron chi connectivity index (χ2n) is 8.56. The Kier molecular flexibility index (Phi) is 4.06. The predicted molar refractivity (Wildman–Crippen MR) is 108 cm³/mol. The summed E-state index contributed by atoms with van der Waals surface area (Å²) in [6.45, 7) is 4.92. The summed E-state index contributed by atoms with van der Waals surface area (Å²) in [6.07, 6.45) is 5.08. The van der Waals surface area contributed by atoms with Gasteiger partial charge in [0, 0.05) is 24.7 Å². The van der Waals surface area contributed by atoms with Gasteiger partial charge in [0.2, 0.25) is 5.91 Å². The van der Waals surface area contributed by atoms with Crippen LogP contribution in [0, 0.1) is 5.41 Å². The van der Waals surface area contributed by atoms with E-state index in [1.54, 1.807) is 0 Å². The van der Waals surface area contributed by atoms with Gasteiger partial charge < -0.3 is 11.1 Å². The van der Waals surface area contributed by atoms with Crippen LogP contribution in [0.5, 0.6) is 0 Å². The van der Waals surface area contributed by atoms with Crippen LogP contribution in [-0.2, 0) is 6.42 Å². The molecular formula is C23H27N3O. The number of fused-ring (bicyclic) bond motifs is 1. The molecule has 2 aromatic carbocycles. The van der Waals surface area contributed by atoms with Gasteiger partial charge in [-0.2, -0.15) is 0 Å². The van der Waals surface area contributed by atoms with Crippen LogP contribution in [0.2, 0.25) is 0 Å². The van der Waals surface area contributed by atoms with Gasteiger partial charge in [0.25, 0.3) is 0 Å². The highest BCUT2D eigenvalue weighted by Crippen LogP contribution is 2.47. The van der Waals surface area contributed by atoms with Crippen LogP contribution < -0.4 is 11.1 Å². The molecule has 1 spiro atoms. The van der Waals surface area contributed by atoms with Gasteiger partial charge >= 0.3 is 0 Å². The zero-order chi connectivity index (χ0) is 18.4. The van der Waals surface area contributed by atoms with Crippen LogP contribution >= 0.6 is 0 Å². The third kappa shape index (κ3) is 2.97. The van der Waals surface area contributed by atoms with Gasteiger partial charge in [0.05, 0.1) is 0 Å². The van der Waals surface area contributed by atoms with E-state index in [1.807, 2.05) is 24.3 Å². The first-order valence-corrected chi connectivity index (χ1v) is 10.1. The molecule has 0 saturated carbocycles. The number of amides is 1. The Hall–Kier alpha value is -2.17. The minimum atomic E-state index is -0.376. The van der Waals surface area contributed by atoms with Crippen molar-refractivity contribution in [2.24, 2.45) is 11.1 Å². The summed E-state index contributed by atoms with van der Waals surface area (Å²) in [7, 11) is 0. The molecule has 0 aromatic heterocycles. The first-order valence-electron chi connectivity index (χ1n) is 10.1. The molecule has 3 aliphatic rings. The minimum absolute atomic E-state index is 0.376. The summed E-state index contributed by atoms with van der Waals surface area (Å²) < 4.78 is 0. The fourth-order valence-corrected chi connectivity index (χ4v) is 5.29. The summed E-state index contributed by atoms with van der Waals surface area (Å²) in [5.74, 6) is -0.376. The average molecular weight is 361 g/mol. The molecule has 0 bridgehead atoms. The lowest BCUT2D eigenvalue weighted by Gasteiger charge is -2.55. The van der Waals surface area contributed by atoms with Crippen molar-refractivity contribution in [2.45, 2.75) is 31.7 Å². The molecule has 0 radical (unpaired) electrons. The maximum absolute atomic E-state index is 11.3. The Balaban J connectivity index is 1.33. The number of rotatable bonds is 3. The number of carbonyl (C=O) groups excluding carboxylic acids is 1. The van der Waals surface area contributed by atoms with Gasteiger partial charge in [-0.15, -0.1) is 0 Å². The Bertz CT molecular complexity index is 860. The molecule has 2 saturated heterocycles. The number of primary amides is 1. The van der Waals surface area contributed by atoms with Crippen molar-refractivity contribution in [3.8, 4) is 11.1 Å². The zero-order valence-corrected chi connectivity index (χ0v) is 15.7. The second-order valence-corrected chi connectivity index (χ2v) is 8.56. The van der Waals surface area contributed by atoms with Crippen LogP contribution in [0.1, 0.15) is 46.8 Å². The van der Waals surface area contributed by atoms with Gasteiger partial charge in [0.1, 0.15) is 0 Å². The standard InChI is InChI=1S/C23H27N3O/c24-22(27)17-3-1-16(2-4-17)18-5-7-20-19(13-18)6-8-21(20)26-14-23(15-26)9-11-25-12-10-23/h1-5,7,13,21,25H,6,8-12,14-15H2,(H2,24,27)/t21-/m1/s1. The number of nitrogens with two attached hydrogens (primary N) is 1. The highest BCUT2D eigenvalue weighted by atomic mass is 16.1. The first-order chi connectivity index (χ1) is 13.1. The van der Waals surface area contributed by atoms with Crippen LogP contribution in [0.3, 0.4) is 0 Å². The van der Waals surface area contributed by atoms with E-state index in [9.17, 15) is 4.79 Å². The molecule has 27 heavy (non-hydrogen) atoms. The Morgan fingerprint density at radius 3 is 2.44 bits per heavy atom. The summed E-state index contributed by atoms with van der Waals surface area (Å²) in [5, 5.41) is 3.50. The fraction of sp³-hybridized carbons (Fsp3) is 0.435. The van der Waals surface area contributed by atoms with Crippen molar-refractivity contribution in [2.75, 3.05) is 26.2 Å². The van der Waals surface area contributed by atoms with Crippen LogP contribution in [0.4, 0.5) is 0 Å². The Morgan fingerprint density at radius 2 is 1.74 bits per heavy atom. The second kappa shape index (κ2) is 6.47. The van der Waals surface area contributed by atoms with Gasteiger partial charge in [-0.05, 0) is 78.6 Å². The molecule has 2 heterocycles. The number of hydrogen-bond donors (Lipinski definition) is 2. The highest BCUT2D eigenvalue weighted by Gasteiger charge is 2.46. The van der Waals surface area contributed by atoms with E-state index >= 15 is 0 Å². The average Bonchev–Trinajstić information content (AvgIpc) is 3.09. The molecule has 2 fully saturated rings. The van der Waals surface area contributed by atoms with E-state index in [2.05, 4.69) is 28.4 Å². The molecule has 140 valence electrons. The van der Waals surface area contributed by atoms with E-state index in [4.69, 9.17) is 5.73 Å². The molecule has 1 aliphatic carbocycles. The van der Waals surface area contributed by atoms with E-state index in [0.717, 1.165) is 12.0 Å². The minimum Gasteiger partial charge on any atom is -0.366 e. The molecule has 4 heteroatoms. The molecule has 0 unspecified atom stereocenters. The lowest BCUT2D eigenvalue weighted by atomic mass is 9.71. The third-order valence-electron chi connectivity index (χ3n) is 6.87. The Labute approximate surface area is 160 Å². The Morgan fingerprint density at radius 1 is 1.04 bits per heavy atom. The zero-order valence-electron chi connectivity index (χ0n) is 15.7. The SMILES string of the molecule is NC(=O)c1ccc(-c2ccc3c(c2)CC[C@H]3N2CC3(CCNCC3)C2)cc1. The van der Waals surface area contributed by atoms with Crippen LogP contribution in [0.25, 0.3) is 11.1 Å². The van der Waals surface area contributed by atoms with Crippen LogP contribution in [-0.4, -0.2) is 37.0 Å². The topological polar surface area (TPSA) is 58.4 Å². The monoisotopic (exact) mass is 361 g/mol. The summed E-state index contributed by atoms with van der Waals surface area (Å²) >= 11 is 0. The number of nitrogens with zero attached hydrogens (tertiary/aromatic N) is 1. The van der Waals surface area contributed by atoms with E-state index in [-0.39, 0.29) is 5.91 Å². The van der Waals surface area contributed by atoms with Gasteiger partial charge in [-0.25, -0.2) is 0 Å². The van der Waals surface area contributed by atoms with Gasteiger partial charge in [-0.1, -0.05) is 30.3 Å². The maximum Gasteiger partial charge on any atom is 0.248 e. The quantitative estimate of drug-likeness (QED) is 0.883. The number of nitrogens with one attached hydrogen (secondary N) is 1. The first kappa shape index (κ1) is 17.0. The third-order valence-corrected chi connectivity index (χ3v) is 6.87. The highest BCUT2D eigenvalue weighted by molar-refractivity contribution is 5.93. The molecule has 1 amide bonds. The maximum atomic E-state index is 11.3. The number of hydrogen-bond acceptors (Lipinski definition) is 3. The van der Waals surface area contributed by atoms with E-state index in [0.29, 0.717) is 17.0 Å². The largest absolute Gasteiger partial charge is 0.366 e. The lowest BCUT2D eigenvalue weighted by Crippen LogP contribution is -2.60. The molecular weight excluding hydrogens is 334 g/mol. The summed E-state index contributed by atoms with van der Waals surface area (Å²) in [4.78, 5) is 14.0. The smallest absolute Gasteiger partial charge is 0.248 e. The van der Waals surface area contributed by atoms with E-state index < -0.39 is 0 Å². The van der Waals surface area contributed by atoms with Crippen molar-refractivity contribution in [1.29, 1.82) is 0 Å². The van der Waals surface area contributed by atoms with Crippen molar-refractivity contribution in [1.82, 2.24) is 10.2 Å².